The first kappa shape index (κ1) is 22.5. The largest absolute Gasteiger partial charge is 0.416 e. The van der Waals surface area contributed by atoms with Crippen molar-refractivity contribution in [2.45, 2.75) is 13.1 Å². The number of rotatable bonds is 5. The Morgan fingerprint density at radius 2 is 1.83 bits per heavy atom. The molecule has 7 nitrogen and oxygen atoms in total. The van der Waals surface area contributed by atoms with Crippen molar-refractivity contribution in [3.8, 4) is 16.8 Å². The molecule has 2 aliphatic rings. The zero-order chi connectivity index (χ0) is 24.9. The van der Waals surface area contributed by atoms with Gasteiger partial charge in [-0.1, -0.05) is 6.07 Å². The lowest BCUT2D eigenvalue weighted by Gasteiger charge is -2.55. The molecule has 184 valence electrons. The molecule has 1 spiro atoms. The van der Waals surface area contributed by atoms with Gasteiger partial charge in [0.25, 0.3) is 0 Å². The quantitative estimate of drug-likeness (QED) is 0.411. The Morgan fingerprint density at radius 3 is 2.58 bits per heavy atom. The second-order valence-electron chi connectivity index (χ2n) is 9.51. The summed E-state index contributed by atoms with van der Waals surface area (Å²) in [5, 5.41) is 7.50. The smallest absolute Gasteiger partial charge is 0.380 e. The summed E-state index contributed by atoms with van der Waals surface area (Å²) < 4.78 is 46.3. The van der Waals surface area contributed by atoms with Gasteiger partial charge in [0.15, 0.2) is 0 Å². The number of nitrogens with zero attached hydrogens (tertiary/aromatic N) is 5. The standard InChI is InChI=1S/C26H23F3N6O/c1-17-2-3-21(33-24-7-20(4-5-31-24)26(27,28)29)8-23(17)35-12-19(10-32-35)18-6-22(11-30-9-18)34-13-25(14-34)15-36-16-25/h2-12H,13-16H2,1H3,(H,31,33). The number of hydrogen-bond acceptors (Lipinski definition) is 6. The number of benzene rings is 1. The average Bonchev–Trinajstić information content (AvgIpc) is 3.29. The first-order chi connectivity index (χ1) is 17.3. The van der Waals surface area contributed by atoms with E-state index in [-0.39, 0.29) is 5.82 Å². The van der Waals surface area contributed by atoms with Gasteiger partial charge >= 0.3 is 6.18 Å². The molecule has 0 amide bonds. The molecule has 6 rings (SSSR count). The zero-order valence-corrected chi connectivity index (χ0v) is 19.5. The summed E-state index contributed by atoms with van der Waals surface area (Å²) in [5.41, 5.74) is 4.90. The Kier molecular flexibility index (Phi) is 5.22. The van der Waals surface area contributed by atoms with Gasteiger partial charge in [0.2, 0.25) is 0 Å². The van der Waals surface area contributed by atoms with E-state index in [1.807, 2.05) is 37.6 Å². The van der Waals surface area contributed by atoms with Crippen LogP contribution in [-0.2, 0) is 10.9 Å². The lowest BCUT2D eigenvalue weighted by Crippen LogP contribution is -2.66. The Labute approximate surface area is 205 Å². The first-order valence-corrected chi connectivity index (χ1v) is 11.5. The highest BCUT2D eigenvalue weighted by atomic mass is 19.4. The normalized spacial score (nSPS) is 16.5. The SMILES string of the molecule is Cc1ccc(Nc2cc(C(F)(F)F)ccn2)cc1-n1cc(-c2cncc(N3CC4(COC4)C3)c2)cn1. The van der Waals surface area contributed by atoms with Crippen LogP contribution in [0.15, 0.2) is 67.4 Å². The van der Waals surface area contributed by atoms with E-state index in [1.54, 1.807) is 16.9 Å². The molecule has 2 fully saturated rings. The Morgan fingerprint density at radius 1 is 1.00 bits per heavy atom. The number of anilines is 3. The van der Waals surface area contributed by atoms with E-state index >= 15 is 0 Å². The minimum atomic E-state index is -4.43. The van der Waals surface area contributed by atoms with Crippen LogP contribution in [0.1, 0.15) is 11.1 Å². The van der Waals surface area contributed by atoms with E-state index in [4.69, 9.17) is 4.74 Å². The van der Waals surface area contributed by atoms with Crippen LogP contribution in [0.25, 0.3) is 16.8 Å². The van der Waals surface area contributed by atoms with E-state index in [1.165, 1.54) is 0 Å². The van der Waals surface area contributed by atoms with Crippen LogP contribution >= 0.6 is 0 Å². The van der Waals surface area contributed by atoms with Gasteiger partial charge in [-0.15, -0.1) is 0 Å². The fourth-order valence-electron chi connectivity index (χ4n) is 4.64. The number of aryl methyl sites for hydroxylation is 1. The molecule has 1 aromatic carbocycles. The molecule has 10 heteroatoms. The van der Waals surface area contributed by atoms with Crippen LogP contribution < -0.4 is 10.2 Å². The van der Waals surface area contributed by atoms with Crippen molar-refractivity contribution in [2.24, 2.45) is 5.41 Å². The lowest BCUT2D eigenvalue weighted by atomic mass is 9.78. The summed E-state index contributed by atoms with van der Waals surface area (Å²) >= 11 is 0. The van der Waals surface area contributed by atoms with Crippen molar-refractivity contribution < 1.29 is 17.9 Å². The van der Waals surface area contributed by atoms with Crippen molar-refractivity contribution in [1.29, 1.82) is 0 Å². The molecule has 0 aliphatic carbocycles. The molecule has 0 bridgehead atoms. The van der Waals surface area contributed by atoms with Crippen molar-refractivity contribution in [3.63, 3.8) is 0 Å². The Bertz CT molecular complexity index is 1420. The van der Waals surface area contributed by atoms with Gasteiger partial charge in [-0.05, 0) is 42.8 Å². The topological polar surface area (TPSA) is 68.1 Å². The third kappa shape index (κ3) is 4.17. The summed E-state index contributed by atoms with van der Waals surface area (Å²) in [6.07, 6.45) is 4.11. The van der Waals surface area contributed by atoms with Crippen LogP contribution in [0.4, 0.5) is 30.4 Å². The molecule has 0 saturated carbocycles. The number of hydrogen-bond donors (Lipinski definition) is 1. The van der Waals surface area contributed by atoms with Crippen LogP contribution in [-0.4, -0.2) is 46.1 Å². The average molecular weight is 493 g/mol. The maximum absolute atomic E-state index is 13.1. The van der Waals surface area contributed by atoms with Crippen LogP contribution in [0.5, 0.6) is 0 Å². The van der Waals surface area contributed by atoms with Gasteiger partial charge < -0.3 is 15.0 Å². The molecule has 3 aromatic heterocycles. The van der Waals surface area contributed by atoms with E-state index in [0.29, 0.717) is 11.1 Å². The highest BCUT2D eigenvalue weighted by molar-refractivity contribution is 5.68. The lowest BCUT2D eigenvalue weighted by molar-refractivity contribution is -0.137. The predicted molar refractivity (Wildman–Crippen MR) is 130 cm³/mol. The van der Waals surface area contributed by atoms with Crippen LogP contribution in [0, 0.1) is 12.3 Å². The van der Waals surface area contributed by atoms with E-state index in [9.17, 15) is 13.2 Å². The summed E-state index contributed by atoms with van der Waals surface area (Å²) in [5.74, 6) is 0.116. The van der Waals surface area contributed by atoms with Crippen LogP contribution in [0.3, 0.4) is 0 Å². The third-order valence-corrected chi connectivity index (χ3v) is 6.69. The van der Waals surface area contributed by atoms with Gasteiger partial charge in [-0.2, -0.15) is 18.3 Å². The van der Waals surface area contributed by atoms with Gasteiger partial charge in [0.1, 0.15) is 5.82 Å². The van der Waals surface area contributed by atoms with Gasteiger partial charge in [0.05, 0.1) is 48.0 Å². The molecule has 5 heterocycles. The first-order valence-electron chi connectivity index (χ1n) is 11.5. The molecular formula is C26H23F3N6O. The molecule has 0 unspecified atom stereocenters. The minimum Gasteiger partial charge on any atom is -0.380 e. The zero-order valence-electron chi connectivity index (χ0n) is 19.5. The molecule has 0 atom stereocenters. The summed E-state index contributed by atoms with van der Waals surface area (Å²) in [7, 11) is 0. The van der Waals surface area contributed by atoms with E-state index in [0.717, 1.165) is 72.7 Å². The van der Waals surface area contributed by atoms with E-state index in [2.05, 4.69) is 31.3 Å². The van der Waals surface area contributed by atoms with Crippen molar-refractivity contribution in [3.05, 3.63) is 78.5 Å². The maximum atomic E-state index is 13.1. The Balaban J connectivity index is 1.23. The number of nitrogens with one attached hydrogen (secondary N) is 1. The summed E-state index contributed by atoms with van der Waals surface area (Å²) in [4.78, 5) is 10.8. The minimum absolute atomic E-state index is 0.116. The summed E-state index contributed by atoms with van der Waals surface area (Å²) in [6.45, 7) is 5.59. The third-order valence-electron chi connectivity index (χ3n) is 6.69. The molecule has 2 aliphatic heterocycles. The van der Waals surface area contributed by atoms with Gasteiger partial charge in [-0.25, -0.2) is 9.67 Å². The van der Waals surface area contributed by atoms with Gasteiger partial charge in [0, 0.05) is 48.5 Å². The molecule has 0 radical (unpaired) electrons. The maximum Gasteiger partial charge on any atom is 0.416 e. The van der Waals surface area contributed by atoms with Crippen molar-refractivity contribution in [1.82, 2.24) is 19.7 Å². The monoisotopic (exact) mass is 492 g/mol. The van der Waals surface area contributed by atoms with Crippen molar-refractivity contribution >= 4 is 17.2 Å². The fraction of sp³-hybridized carbons (Fsp3) is 0.269. The second kappa shape index (κ2) is 8.34. The molecule has 4 aromatic rings. The number of ether oxygens (including phenoxy) is 1. The fourth-order valence-corrected chi connectivity index (χ4v) is 4.64. The second-order valence-corrected chi connectivity index (χ2v) is 9.51. The van der Waals surface area contributed by atoms with Crippen LogP contribution in [0.2, 0.25) is 0 Å². The molecular weight excluding hydrogens is 469 g/mol. The number of alkyl halides is 3. The predicted octanol–water partition coefficient (Wildman–Crippen LogP) is 5.24. The Hall–Kier alpha value is -3.92. The van der Waals surface area contributed by atoms with Crippen molar-refractivity contribution in [2.75, 3.05) is 36.5 Å². The molecule has 36 heavy (non-hydrogen) atoms. The highest BCUT2D eigenvalue weighted by Crippen LogP contribution is 2.40. The number of aromatic nitrogens is 4. The van der Waals surface area contributed by atoms with E-state index < -0.39 is 11.7 Å². The number of halogens is 3. The number of pyridine rings is 2. The molecule has 1 N–H and O–H groups in total. The summed E-state index contributed by atoms with van der Waals surface area (Å²) in [6, 6.07) is 9.57. The highest BCUT2D eigenvalue weighted by Gasteiger charge is 2.49. The molecule has 2 saturated heterocycles. The van der Waals surface area contributed by atoms with Gasteiger partial charge in [-0.3, -0.25) is 4.98 Å².